The number of aryl methyl sites for hydroxylation is 1. The summed E-state index contributed by atoms with van der Waals surface area (Å²) < 4.78 is 41.7. The molecule has 282 valence electrons. The van der Waals surface area contributed by atoms with Gasteiger partial charge in [-0.15, -0.1) is 4.36 Å². The zero-order valence-electron chi connectivity index (χ0n) is 30.5. The zero-order valence-corrected chi connectivity index (χ0v) is 32.1. The first-order valence-electron chi connectivity index (χ1n) is 18.8. The van der Waals surface area contributed by atoms with E-state index in [0.29, 0.717) is 50.4 Å². The minimum atomic E-state index is -3.63. The van der Waals surface area contributed by atoms with Gasteiger partial charge >= 0.3 is 0 Å². The number of rotatable bonds is 4. The van der Waals surface area contributed by atoms with Crippen molar-refractivity contribution in [3.63, 3.8) is 0 Å². The molecule has 2 aromatic carbocycles. The number of methoxy groups -OCH3 is 1. The lowest BCUT2D eigenvalue weighted by molar-refractivity contribution is -0.0286. The highest BCUT2D eigenvalue weighted by molar-refractivity contribution is 7.93. The Morgan fingerprint density at radius 3 is 2.75 bits per heavy atom. The van der Waals surface area contributed by atoms with Crippen LogP contribution in [0.4, 0.5) is 5.69 Å². The van der Waals surface area contributed by atoms with E-state index in [9.17, 15) is 13.8 Å². The van der Waals surface area contributed by atoms with Crippen molar-refractivity contribution in [3.8, 4) is 5.75 Å². The standard InChI is InChI=1S/C40H48ClN5O6S/c1-25-6-4-8-36(50-3)33-12-9-29(33)19-45-23-40(15-5-7-27-16-31(41)11-13-34(27)40)24-52-37-14-10-28(17-35(37)45)38(47)43-53(49,26(25)2)44-39(48)30-18-42-46(20-30)32-21-51-22-32/h4,8,10-11,13-14,16-18,20,25-26,29,32-33,36H,5-7,9,12,15,19,21-24H2,1-3H3,(H,43,44,47,48,49)/b8-4+/t25-,26+,29-,33+,36-,40-,53?/m0/s1. The van der Waals surface area contributed by atoms with Gasteiger partial charge in [0.15, 0.2) is 0 Å². The molecule has 1 spiro atoms. The molecule has 11 nitrogen and oxygen atoms in total. The number of allylic oxidation sites excluding steroid dienone is 1. The van der Waals surface area contributed by atoms with E-state index in [0.717, 1.165) is 49.4 Å². The number of carbonyl (C=O) groups excluding carboxylic acids is 2. The van der Waals surface area contributed by atoms with Gasteiger partial charge in [-0.25, -0.2) is 4.21 Å². The largest absolute Gasteiger partial charge is 0.490 e. The smallest absolute Gasteiger partial charge is 0.286 e. The van der Waals surface area contributed by atoms with Crippen molar-refractivity contribution >= 4 is 39.0 Å². The fourth-order valence-corrected chi connectivity index (χ4v) is 10.8. The Balaban J connectivity index is 1.19. The van der Waals surface area contributed by atoms with Gasteiger partial charge in [0.1, 0.15) is 15.7 Å². The predicted octanol–water partition coefficient (Wildman–Crippen LogP) is 6.56. The second-order valence-electron chi connectivity index (χ2n) is 15.6. The van der Waals surface area contributed by atoms with Crippen LogP contribution < -0.4 is 14.4 Å². The number of ether oxygens (including phenoxy) is 3. The highest BCUT2D eigenvalue weighted by Crippen LogP contribution is 2.47. The van der Waals surface area contributed by atoms with Crippen LogP contribution in [-0.2, 0) is 31.2 Å². The van der Waals surface area contributed by atoms with Crippen LogP contribution in [0.2, 0.25) is 5.02 Å². The summed E-state index contributed by atoms with van der Waals surface area (Å²) in [5.74, 6) is -0.0334. The number of nitrogens with zero attached hydrogens (tertiary/aromatic N) is 4. The summed E-state index contributed by atoms with van der Waals surface area (Å²) in [6, 6.07) is 11.6. The second kappa shape index (κ2) is 14.5. The van der Waals surface area contributed by atoms with Gasteiger partial charge < -0.3 is 19.1 Å². The summed E-state index contributed by atoms with van der Waals surface area (Å²) in [7, 11) is -1.86. The molecule has 1 N–H and O–H groups in total. The molecule has 13 heteroatoms. The van der Waals surface area contributed by atoms with Crippen molar-refractivity contribution in [3.05, 3.63) is 88.2 Å². The number of hydrogen-bond donors (Lipinski definition) is 1. The molecule has 53 heavy (non-hydrogen) atoms. The lowest BCUT2D eigenvalue weighted by Crippen LogP contribution is -2.49. The van der Waals surface area contributed by atoms with Crippen LogP contribution in [0.3, 0.4) is 0 Å². The molecule has 3 aromatic rings. The van der Waals surface area contributed by atoms with E-state index in [1.165, 1.54) is 17.3 Å². The van der Waals surface area contributed by atoms with Crippen molar-refractivity contribution < 1.29 is 28.0 Å². The van der Waals surface area contributed by atoms with Crippen molar-refractivity contribution in [2.75, 3.05) is 44.9 Å². The van der Waals surface area contributed by atoms with Crippen molar-refractivity contribution in [1.29, 1.82) is 0 Å². The van der Waals surface area contributed by atoms with E-state index < -0.39 is 27.0 Å². The van der Waals surface area contributed by atoms with Gasteiger partial charge in [-0.05, 0) is 105 Å². The lowest BCUT2D eigenvalue weighted by Gasteiger charge is -2.46. The SMILES string of the molecule is CO[C@H]1/C=C/C[C@H](C)[C@@H](C)S(=O)(NC(=O)c2cnn(C3COC3)c2)=NC(=O)c2ccc3c(c2)N(C[C@@H]2CC[C@H]21)C[C@@]1(CCCc2cc(Cl)ccc21)CO3. The number of hydrogen-bond acceptors (Lipinski definition) is 8. The van der Waals surface area contributed by atoms with E-state index in [4.69, 9.17) is 25.8 Å². The van der Waals surface area contributed by atoms with Crippen LogP contribution in [-0.4, -0.2) is 77.2 Å². The molecule has 2 bridgehead atoms. The molecule has 7 atom stereocenters. The highest BCUT2D eigenvalue weighted by Gasteiger charge is 2.44. The summed E-state index contributed by atoms with van der Waals surface area (Å²) in [6.45, 7) is 6.77. The van der Waals surface area contributed by atoms with Gasteiger partial charge in [0, 0.05) is 42.4 Å². The Kier molecular flexibility index (Phi) is 9.93. The van der Waals surface area contributed by atoms with E-state index in [2.05, 4.69) is 43.4 Å². The van der Waals surface area contributed by atoms with E-state index >= 15 is 0 Å². The molecule has 2 amide bonds. The molecular formula is C40H48ClN5O6S. The zero-order chi connectivity index (χ0) is 36.9. The van der Waals surface area contributed by atoms with Crippen molar-refractivity contribution in [2.24, 2.45) is 22.1 Å². The summed E-state index contributed by atoms with van der Waals surface area (Å²) in [4.78, 5) is 30.2. The van der Waals surface area contributed by atoms with E-state index in [1.807, 2.05) is 25.1 Å². The van der Waals surface area contributed by atoms with E-state index in [-0.39, 0.29) is 34.6 Å². The minimum Gasteiger partial charge on any atom is -0.490 e. The number of anilines is 1. The number of halogens is 1. The number of amides is 2. The van der Waals surface area contributed by atoms with Gasteiger partial charge in [-0.3, -0.25) is 19.0 Å². The number of carbonyl (C=O) groups is 2. The maximum absolute atomic E-state index is 14.9. The molecule has 2 fully saturated rings. The van der Waals surface area contributed by atoms with Crippen LogP contribution in [0.5, 0.6) is 5.75 Å². The third-order valence-electron chi connectivity index (χ3n) is 12.4. The van der Waals surface area contributed by atoms with Crippen LogP contribution in [0, 0.1) is 17.8 Å². The first-order valence-corrected chi connectivity index (χ1v) is 20.8. The van der Waals surface area contributed by atoms with Crippen molar-refractivity contribution in [2.45, 2.75) is 75.2 Å². The molecule has 5 aliphatic rings. The Hall–Kier alpha value is -3.71. The molecule has 2 aliphatic carbocycles. The Labute approximate surface area is 316 Å². The van der Waals surface area contributed by atoms with Gasteiger partial charge in [-0.1, -0.05) is 36.7 Å². The van der Waals surface area contributed by atoms with Crippen LogP contribution in [0.25, 0.3) is 0 Å². The topological polar surface area (TPSA) is 124 Å². The summed E-state index contributed by atoms with van der Waals surface area (Å²) in [5.41, 5.74) is 3.61. The average Bonchev–Trinajstić information content (AvgIpc) is 3.53. The van der Waals surface area contributed by atoms with Gasteiger partial charge in [-0.2, -0.15) is 5.10 Å². The number of nitrogens with one attached hydrogen (secondary N) is 1. The normalized spacial score (nSPS) is 32.2. The Bertz CT molecular complexity index is 2060. The molecule has 1 saturated carbocycles. The molecule has 1 aromatic heterocycles. The molecule has 3 aliphatic heterocycles. The van der Waals surface area contributed by atoms with Crippen molar-refractivity contribution in [1.82, 2.24) is 14.5 Å². The molecular weight excluding hydrogens is 714 g/mol. The molecule has 1 saturated heterocycles. The van der Waals surface area contributed by atoms with Crippen LogP contribution >= 0.6 is 11.6 Å². The summed E-state index contributed by atoms with van der Waals surface area (Å²) >= 11 is 6.47. The first kappa shape index (κ1) is 36.3. The second-order valence-corrected chi connectivity index (χ2v) is 18.3. The third kappa shape index (κ3) is 6.92. The summed E-state index contributed by atoms with van der Waals surface area (Å²) in [5, 5.41) is 4.39. The lowest BCUT2D eigenvalue weighted by atomic mass is 9.68. The molecule has 1 unspecified atom stereocenters. The fourth-order valence-electron chi connectivity index (χ4n) is 8.71. The Morgan fingerprint density at radius 2 is 2.00 bits per heavy atom. The maximum atomic E-state index is 14.9. The predicted molar refractivity (Wildman–Crippen MR) is 204 cm³/mol. The van der Waals surface area contributed by atoms with Gasteiger partial charge in [0.05, 0.1) is 54.7 Å². The number of benzene rings is 2. The molecule has 8 rings (SSSR count). The maximum Gasteiger partial charge on any atom is 0.286 e. The first-order chi connectivity index (χ1) is 25.6. The summed E-state index contributed by atoms with van der Waals surface area (Å²) in [6.07, 6.45) is 12.9. The quantitative estimate of drug-likeness (QED) is 0.297. The minimum absolute atomic E-state index is 0.0499. The Morgan fingerprint density at radius 1 is 1.15 bits per heavy atom. The fraction of sp³-hybridized carbons (Fsp3) is 0.525. The molecule has 0 radical (unpaired) electrons. The van der Waals surface area contributed by atoms with Crippen LogP contribution in [0.1, 0.15) is 83.8 Å². The average molecular weight is 762 g/mol. The van der Waals surface area contributed by atoms with Crippen LogP contribution in [0.15, 0.2) is 65.3 Å². The van der Waals surface area contributed by atoms with Gasteiger partial charge in [0.25, 0.3) is 11.8 Å². The third-order valence-corrected chi connectivity index (χ3v) is 15.0. The van der Waals surface area contributed by atoms with Gasteiger partial charge in [0.2, 0.25) is 0 Å². The monoisotopic (exact) mass is 761 g/mol. The highest BCUT2D eigenvalue weighted by atomic mass is 35.5. The number of aromatic nitrogens is 2. The number of fused-ring (bicyclic) bond motifs is 4. The molecule has 4 heterocycles. The van der Waals surface area contributed by atoms with E-state index in [1.54, 1.807) is 31.0 Å².